The van der Waals surface area contributed by atoms with Crippen LogP contribution >= 0.6 is 11.6 Å². The molecule has 8 N–H and O–H groups in total. The minimum Gasteiger partial charge on any atom is -0.363 e. The third-order valence-electron chi connectivity index (χ3n) is 8.10. The smallest absolute Gasteiger partial charge is 0.233 e. The number of aryl methyl sites for hydroxylation is 17. The van der Waals surface area contributed by atoms with Crippen molar-refractivity contribution in [3.8, 4) is 6.07 Å². The molecule has 0 saturated carbocycles. The van der Waals surface area contributed by atoms with Crippen LogP contribution in [0.2, 0.25) is 5.15 Å². The fraction of sp³-hybridized carbons (Fsp3) is 0.409. The molecule has 0 unspecified atom stereocenters. The highest BCUT2D eigenvalue weighted by Crippen LogP contribution is 2.09. The van der Waals surface area contributed by atoms with E-state index in [1.54, 1.807) is 13.8 Å². The first kappa shape index (κ1) is 55.1. The van der Waals surface area contributed by atoms with Crippen molar-refractivity contribution in [1.29, 1.82) is 5.26 Å². The molecule has 8 aromatic heterocycles. The number of carbonyl (C=O) groups is 1. The fourth-order valence-corrected chi connectivity index (χ4v) is 5.38. The van der Waals surface area contributed by atoms with Crippen molar-refractivity contribution in [2.75, 3.05) is 0 Å². The van der Waals surface area contributed by atoms with E-state index in [0.717, 1.165) is 69.2 Å². The molecule has 0 aliphatic rings. The first-order chi connectivity index (χ1) is 29.8. The molecule has 0 atom stereocenters. The van der Waals surface area contributed by atoms with E-state index in [2.05, 4.69) is 92.1 Å². The van der Waals surface area contributed by atoms with Crippen LogP contribution in [0.15, 0.2) is 18.3 Å². The number of carbonyl (C=O) groups excluding carboxylic acids is 1. The van der Waals surface area contributed by atoms with Gasteiger partial charge in [-0.1, -0.05) is 11.6 Å². The number of halogens is 2. The average molecular weight is 903 g/mol. The van der Waals surface area contributed by atoms with Crippen molar-refractivity contribution in [2.24, 2.45) is 0 Å². The first-order valence-corrected chi connectivity index (χ1v) is 20.5. The van der Waals surface area contributed by atoms with Gasteiger partial charge in [-0.3, -0.25) is 9.89 Å². The number of aromatic nitrogens is 16. The summed E-state index contributed by atoms with van der Waals surface area (Å²) in [5, 5.41) is 15.5. The van der Waals surface area contributed by atoms with E-state index in [9.17, 15) is 9.18 Å². The maximum atomic E-state index is 12.2. The van der Waals surface area contributed by atoms with E-state index in [4.69, 9.17) is 16.9 Å². The third kappa shape index (κ3) is 21.7. The summed E-state index contributed by atoms with van der Waals surface area (Å²) in [5.74, 6) is 6.36. The Kier molecular flexibility index (Phi) is 23.4. The molecule has 0 bridgehead atoms. The molecule has 0 saturated heterocycles. The Morgan fingerprint density at radius 2 is 1.05 bits per heavy atom. The van der Waals surface area contributed by atoms with E-state index in [-0.39, 0.29) is 5.78 Å². The predicted octanol–water partition coefficient (Wildman–Crippen LogP) is 9.39. The maximum Gasteiger partial charge on any atom is 0.233 e. The highest BCUT2D eigenvalue weighted by Gasteiger charge is 2.07. The van der Waals surface area contributed by atoms with Crippen molar-refractivity contribution < 1.29 is 9.18 Å². The van der Waals surface area contributed by atoms with Crippen molar-refractivity contribution in [2.45, 2.75) is 125 Å². The van der Waals surface area contributed by atoms with Gasteiger partial charge in [-0.05, 0) is 130 Å². The Bertz CT molecular complexity index is 2330. The number of ketones is 1. The summed E-state index contributed by atoms with van der Waals surface area (Å²) in [5.41, 5.74) is 10.0. The summed E-state index contributed by atoms with van der Waals surface area (Å²) >= 11 is 5.59. The van der Waals surface area contributed by atoms with Gasteiger partial charge in [-0.25, -0.2) is 34.9 Å². The maximum absolute atomic E-state index is 12.2. The number of aromatic amines is 8. The van der Waals surface area contributed by atoms with E-state index >= 15 is 0 Å². The second-order valence-electron chi connectivity index (χ2n) is 14.7. The van der Waals surface area contributed by atoms with Gasteiger partial charge in [0, 0.05) is 47.3 Å². The second-order valence-corrected chi connectivity index (χ2v) is 15.1. The molecule has 0 aliphatic carbocycles. The van der Waals surface area contributed by atoms with Gasteiger partial charge >= 0.3 is 0 Å². The molecule has 64 heavy (non-hydrogen) atoms. The monoisotopic (exact) mass is 902 g/mol. The van der Waals surface area contributed by atoms with Crippen LogP contribution in [0, 0.1) is 135 Å². The van der Waals surface area contributed by atoms with Crippen LogP contribution < -0.4 is 0 Å². The van der Waals surface area contributed by atoms with Gasteiger partial charge in [-0.15, -0.1) is 0 Å². The number of nitriles is 1. The summed E-state index contributed by atoms with van der Waals surface area (Å²) in [4.78, 5) is 59.0. The van der Waals surface area contributed by atoms with Crippen LogP contribution in [-0.4, -0.2) is 85.8 Å². The minimum absolute atomic E-state index is 0.0156. The molecule has 18 nitrogen and oxygen atoms in total. The molecule has 0 spiro atoms. The fourth-order valence-electron chi connectivity index (χ4n) is 5.20. The van der Waals surface area contributed by atoms with Crippen molar-refractivity contribution >= 4 is 17.4 Å². The van der Waals surface area contributed by atoms with Crippen LogP contribution in [0.4, 0.5) is 4.39 Å². The van der Waals surface area contributed by atoms with Crippen LogP contribution in [0.3, 0.4) is 0 Å². The van der Waals surface area contributed by atoms with E-state index in [0.29, 0.717) is 28.1 Å². The summed E-state index contributed by atoms with van der Waals surface area (Å²) < 4.78 is 12.2. The van der Waals surface area contributed by atoms with Gasteiger partial charge in [0.15, 0.2) is 11.5 Å². The van der Waals surface area contributed by atoms with E-state index < -0.39 is 5.95 Å². The molecule has 0 radical (unpaired) electrons. The highest BCUT2D eigenvalue weighted by atomic mass is 35.5. The lowest BCUT2D eigenvalue weighted by atomic mass is 10.3. The normalized spacial score (nSPS) is 9.61. The Labute approximate surface area is 380 Å². The molecular weight excluding hydrogens is 837 g/mol. The lowest BCUT2D eigenvalue weighted by Gasteiger charge is -1.86. The average Bonchev–Trinajstić information content (AvgIpc) is 4.09. The van der Waals surface area contributed by atoms with Crippen molar-refractivity contribution in [3.63, 3.8) is 0 Å². The zero-order valence-electron chi connectivity index (χ0n) is 40.4. The largest absolute Gasteiger partial charge is 0.363 e. The number of Topliss-reactive ketones (excluding diaryl/α,β-unsaturated/α-hetero) is 1. The van der Waals surface area contributed by atoms with Gasteiger partial charge in [-0.2, -0.15) is 14.8 Å². The minimum atomic E-state index is -0.400. The van der Waals surface area contributed by atoms with Crippen LogP contribution in [0.1, 0.15) is 121 Å². The van der Waals surface area contributed by atoms with Crippen molar-refractivity contribution in [1.82, 2.24) is 80.0 Å². The molecule has 20 heteroatoms. The molecule has 0 aromatic carbocycles. The Hall–Kier alpha value is -6.94. The number of nitrogens with one attached hydrogen (secondary N) is 8. The van der Waals surface area contributed by atoms with Crippen molar-refractivity contribution in [3.05, 3.63) is 139 Å². The van der Waals surface area contributed by atoms with Gasteiger partial charge in [0.1, 0.15) is 63.5 Å². The van der Waals surface area contributed by atoms with Crippen LogP contribution in [0.5, 0.6) is 0 Å². The summed E-state index contributed by atoms with van der Waals surface area (Å²) in [6.45, 7) is 33.7. The summed E-state index contributed by atoms with van der Waals surface area (Å²) in [6.07, 6.45) is 1.81. The lowest BCUT2D eigenvalue weighted by Crippen LogP contribution is -1.94. The Morgan fingerprint density at radius 1 is 0.547 bits per heavy atom. The van der Waals surface area contributed by atoms with Gasteiger partial charge in [0.05, 0.1) is 17.1 Å². The highest BCUT2D eigenvalue weighted by molar-refractivity contribution is 6.30. The molecular formula is C44H65ClFN17O. The number of imidazole rings is 6. The van der Waals surface area contributed by atoms with Gasteiger partial charge in [0.2, 0.25) is 5.95 Å². The van der Waals surface area contributed by atoms with Crippen LogP contribution in [0.25, 0.3) is 0 Å². The SMILES string of the molecule is CC(=O)c1nc(C)[nH]c1C.Cc1ccc(C)[nH]1.Cc1cnc(C)[nH]1.Cc1n[nH]c(C)n1.Cc1nc(C#N)c(C)[nH]1.Cc1nc(C)c(C)[nH]1.Cc1nc(Cl)c(C)[nH]1.Cc1nc(F)c(C)[nH]1. The quantitative estimate of drug-likeness (QED) is 0.0723. The molecule has 8 aromatic rings. The molecule has 8 rings (SSSR count). The van der Waals surface area contributed by atoms with E-state index in [1.807, 2.05) is 116 Å². The Morgan fingerprint density at radius 3 is 1.20 bits per heavy atom. The summed E-state index contributed by atoms with van der Waals surface area (Å²) in [6, 6.07) is 6.10. The number of nitrogens with zero attached hydrogens (tertiary/aromatic N) is 9. The lowest BCUT2D eigenvalue weighted by molar-refractivity contribution is 0.101. The molecule has 8 heterocycles. The topological polar surface area (TPSA) is 270 Å². The molecule has 0 amide bonds. The second kappa shape index (κ2) is 27.2. The zero-order valence-corrected chi connectivity index (χ0v) is 41.2. The molecule has 346 valence electrons. The third-order valence-corrected chi connectivity index (χ3v) is 8.46. The predicted molar refractivity (Wildman–Crippen MR) is 249 cm³/mol. The van der Waals surface area contributed by atoms with E-state index in [1.165, 1.54) is 24.0 Å². The number of hydrogen-bond donors (Lipinski definition) is 8. The zero-order chi connectivity index (χ0) is 48.8. The molecule has 0 fully saturated rings. The number of hydrogen-bond acceptors (Lipinski definition) is 10. The first-order valence-electron chi connectivity index (χ1n) is 20.1. The van der Waals surface area contributed by atoms with Gasteiger partial charge < -0.3 is 34.9 Å². The molecule has 0 aliphatic heterocycles. The standard InChI is InChI=1S/C7H10N2O.C6H7N3.C6H10N2.C6H9N.C5H7ClN2.C5H7FN2.C5H8N2.C4H7N3/c1-4-7(5(2)10)9-6(3)8-4;1-4-6(3-7)9-5(2)8-4;1-4-5(2)8-6(3)7-4;1-5-3-4-6(2)7-5;2*1-3-5(6)8-4(2)7-3;1-4-3-6-5(2)7-4;1-3-5-4(2)7-6-3/h1-3H3,(H,8,9);1-2H3,(H,8,9);1-3H3,(H,7,8);3-4,7H,1-2H3;2*1-2H3,(H,7,8);3H,1-2H3,(H,6,7);1-2H3,(H,5,6,7). The van der Waals surface area contributed by atoms with Gasteiger partial charge in [0.25, 0.3) is 0 Å². The number of rotatable bonds is 1. The Balaban J connectivity index is 0.000000367. The van der Waals surface area contributed by atoms with Crippen LogP contribution in [-0.2, 0) is 0 Å². The number of H-pyrrole nitrogens is 8. The summed E-state index contributed by atoms with van der Waals surface area (Å²) in [7, 11) is 0.